The number of hydrogen-bond donors (Lipinski definition) is 2. The smallest absolute Gasteiger partial charge is 0.306 e. The fourth-order valence-corrected chi connectivity index (χ4v) is 2.56. The van der Waals surface area contributed by atoms with Gasteiger partial charge in [0, 0.05) is 6.04 Å². The van der Waals surface area contributed by atoms with E-state index in [9.17, 15) is 4.79 Å². The third kappa shape index (κ3) is 5.20. The van der Waals surface area contributed by atoms with Crippen LogP contribution >= 0.6 is 0 Å². The molecule has 3 N–H and O–H groups in total. The maximum Gasteiger partial charge on any atom is 0.306 e. The number of benzene rings is 2. The molecule has 4 nitrogen and oxygen atoms in total. The molecule has 0 aliphatic carbocycles. The fourth-order valence-electron chi connectivity index (χ4n) is 2.56. The van der Waals surface area contributed by atoms with Crippen LogP contribution in [-0.4, -0.2) is 17.7 Å². The van der Waals surface area contributed by atoms with Crippen LogP contribution in [-0.2, 0) is 16.0 Å². The molecule has 0 spiro atoms. The van der Waals surface area contributed by atoms with E-state index in [1.54, 1.807) is 0 Å². The summed E-state index contributed by atoms with van der Waals surface area (Å²) in [6, 6.07) is 18.1. The number of nitrogens with two attached hydrogens (primary N) is 1. The predicted octanol–water partition coefficient (Wildman–Crippen LogP) is 3.48. The van der Waals surface area contributed by atoms with E-state index in [0.29, 0.717) is 6.61 Å². The highest BCUT2D eigenvalue weighted by Crippen LogP contribution is 2.29. The van der Waals surface area contributed by atoms with Gasteiger partial charge < -0.3 is 15.6 Å². The zero-order valence-corrected chi connectivity index (χ0v) is 13.3. The molecular weight excluding hydrogens is 290 g/mol. The van der Waals surface area contributed by atoms with E-state index < -0.39 is 5.97 Å². The van der Waals surface area contributed by atoms with Gasteiger partial charge in [0.05, 0.1) is 19.1 Å². The van der Waals surface area contributed by atoms with Crippen LogP contribution in [0.1, 0.15) is 42.2 Å². The van der Waals surface area contributed by atoms with E-state index in [4.69, 9.17) is 15.6 Å². The second-order valence-corrected chi connectivity index (χ2v) is 5.61. The van der Waals surface area contributed by atoms with Gasteiger partial charge in [0.1, 0.15) is 0 Å². The Balaban J connectivity index is 0.000000185. The van der Waals surface area contributed by atoms with Crippen molar-refractivity contribution in [3.8, 4) is 0 Å². The van der Waals surface area contributed by atoms with Crippen LogP contribution in [0.15, 0.2) is 54.6 Å². The molecule has 0 aromatic heterocycles. The Kier molecular flexibility index (Phi) is 6.32. The molecule has 122 valence electrons. The van der Waals surface area contributed by atoms with Gasteiger partial charge in [0.2, 0.25) is 0 Å². The van der Waals surface area contributed by atoms with Gasteiger partial charge in [-0.25, -0.2) is 0 Å². The molecule has 0 amide bonds. The lowest BCUT2D eigenvalue weighted by molar-refractivity contribution is -0.140. The first kappa shape index (κ1) is 17.2. The molecule has 1 heterocycles. The van der Waals surface area contributed by atoms with Gasteiger partial charge in [0.25, 0.3) is 0 Å². The van der Waals surface area contributed by atoms with Gasteiger partial charge in [-0.05, 0) is 30.0 Å². The van der Waals surface area contributed by atoms with E-state index in [1.807, 2.05) is 61.5 Å². The van der Waals surface area contributed by atoms with E-state index in [2.05, 4.69) is 0 Å². The van der Waals surface area contributed by atoms with Crippen molar-refractivity contribution in [3.63, 3.8) is 0 Å². The third-order valence-corrected chi connectivity index (χ3v) is 3.78. The molecule has 0 bridgehead atoms. The van der Waals surface area contributed by atoms with Crippen molar-refractivity contribution in [2.75, 3.05) is 6.61 Å². The van der Waals surface area contributed by atoms with Gasteiger partial charge >= 0.3 is 5.97 Å². The summed E-state index contributed by atoms with van der Waals surface area (Å²) in [5.41, 5.74) is 9.05. The van der Waals surface area contributed by atoms with Crippen molar-refractivity contribution in [2.24, 2.45) is 5.73 Å². The maximum absolute atomic E-state index is 10.6. The zero-order chi connectivity index (χ0) is 16.7. The summed E-state index contributed by atoms with van der Waals surface area (Å²) < 4.78 is 5.43. The van der Waals surface area contributed by atoms with Crippen molar-refractivity contribution in [1.29, 1.82) is 0 Å². The molecule has 0 fully saturated rings. The highest BCUT2D eigenvalue weighted by Gasteiger charge is 2.22. The number of rotatable bonds is 3. The monoisotopic (exact) mass is 313 g/mol. The average Bonchev–Trinajstić information content (AvgIpc) is 2.56. The van der Waals surface area contributed by atoms with Gasteiger partial charge in [0.15, 0.2) is 0 Å². The largest absolute Gasteiger partial charge is 0.481 e. The Morgan fingerprint density at radius 2 is 1.87 bits per heavy atom. The number of carbonyl (C=O) groups is 1. The normalized spacial score (nSPS) is 17.4. The minimum Gasteiger partial charge on any atom is -0.481 e. The van der Waals surface area contributed by atoms with E-state index in [-0.39, 0.29) is 18.6 Å². The van der Waals surface area contributed by atoms with Crippen LogP contribution < -0.4 is 5.73 Å². The van der Waals surface area contributed by atoms with Crippen molar-refractivity contribution in [3.05, 3.63) is 71.3 Å². The SMILES string of the molecule is CC(N)c1ccccc1.O=C(O)CC1OCCc2ccccc21. The summed E-state index contributed by atoms with van der Waals surface area (Å²) in [4.78, 5) is 10.6. The van der Waals surface area contributed by atoms with Gasteiger partial charge in [-0.1, -0.05) is 54.6 Å². The third-order valence-electron chi connectivity index (χ3n) is 3.78. The molecule has 23 heavy (non-hydrogen) atoms. The molecule has 2 aromatic rings. The van der Waals surface area contributed by atoms with Crippen LogP contribution in [0.5, 0.6) is 0 Å². The van der Waals surface area contributed by atoms with E-state index in [1.165, 1.54) is 11.1 Å². The van der Waals surface area contributed by atoms with Crippen molar-refractivity contribution in [2.45, 2.75) is 31.9 Å². The molecule has 1 aliphatic heterocycles. The summed E-state index contributed by atoms with van der Waals surface area (Å²) in [5.74, 6) is -0.813. The Labute approximate surface area is 136 Å². The second kappa shape index (κ2) is 8.46. The number of carboxylic acids is 1. The highest BCUT2D eigenvalue weighted by molar-refractivity contribution is 5.68. The predicted molar refractivity (Wildman–Crippen MR) is 90.1 cm³/mol. The Hall–Kier alpha value is -2.17. The van der Waals surface area contributed by atoms with Crippen molar-refractivity contribution < 1.29 is 14.6 Å². The second-order valence-electron chi connectivity index (χ2n) is 5.61. The minimum atomic E-state index is -0.813. The van der Waals surface area contributed by atoms with Crippen LogP contribution in [0.3, 0.4) is 0 Å². The van der Waals surface area contributed by atoms with Crippen LogP contribution in [0.2, 0.25) is 0 Å². The van der Waals surface area contributed by atoms with Crippen LogP contribution in [0.25, 0.3) is 0 Å². The van der Waals surface area contributed by atoms with Gasteiger partial charge in [-0.15, -0.1) is 0 Å². The molecule has 2 aromatic carbocycles. The zero-order valence-electron chi connectivity index (χ0n) is 13.3. The summed E-state index contributed by atoms with van der Waals surface area (Å²) in [7, 11) is 0. The number of carboxylic acid groups (broad SMARTS) is 1. The minimum absolute atomic E-state index is 0.0526. The number of ether oxygens (including phenoxy) is 1. The fraction of sp³-hybridized carbons (Fsp3) is 0.316. The van der Waals surface area contributed by atoms with Crippen molar-refractivity contribution in [1.82, 2.24) is 0 Å². The molecular formula is C19H23NO3. The topological polar surface area (TPSA) is 72.6 Å². The molecule has 0 saturated heterocycles. The molecule has 4 heteroatoms. The van der Waals surface area contributed by atoms with E-state index in [0.717, 1.165) is 12.0 Å². The first-order valence-corrected chi connectivity index (χ1v) is 7.79. The van der Waals surface area contributed by atoms with Crippen LogP contribution in [0.4, 0.5) is 0 Å². The van der Waals surface area contributed by atoms with E-state index >= 15 is 0 Å². The van der Waals surface area contributed by atoms with Gasteiger partial charge in [-0.3, -0.25) is 4.79 Å². The number of fused-ring (bicyclic) bond motifs is 1. The lowest BCUT2D eigenvalue weighted by atomic mass is 9.96. The van der Waals surface area contributed by atoms with Gasteiger partial charge in [-0.2, -0.15) is 0 Å². The Morgan fingerprint density at radius 1 is 1.22 bits per heavy atom. The number of aliphatic carboxylic acids is 1. The molecule has 3 rings (SSSR count). The van der Waals surface area contributed by atoms with Crippen LogP contribution in [0, 0.1) is 0 Å². The standard InChI is InChI=1S/C11H12O3.C8H11N/c12-11(13)7-10-9-4-2-1-3-8(9)5-6-14-10;1-7(9)8-5-3-2-4-6-8/h1-4,10H,5-7H2,(H,12,13);2-7H,9H2,1H3. The quantitative estimate of drug-likeness (QED) is 0.910. The summed E-state index contributed by atoms with van der Waals surface area (Å²) in [6.45, 7) is 2.60. The first-order chi connectivity index (χ1) is 11.1. The summed E-state index contributed by atoms with van der Waals surface area (Å²) in [6.07, 6.45) is 0.668. The highest BCUT2D eigenvalue weighted by atomic mass is 16.5. The summed E-state index contributed by atoms with van der Waals surface area (Å²) in [5, 5.41) is 8.71. The molecule has 0 saturated carbocycles. The number of hydrogen-bond acceptors (Lipinski definition) is 3. The lowest BCUT2D eigenvalue weighted by Gasteiger charge is -2.24. The first-order valence-electron chi connectivity index (χ1n) is 7.79. The average molecular weight is 313 g/mol. The molecule has 1 aliphatic rings. The van der Waals surface area contributed by atoms with Crippen molar-refractivity contribution >= 4 is 5.97 Å². The molecule has 0 radical (unpaired) electrons. The maximum atomic E-state index is 10.6. The molecule has 2 unspecified atom stereocenters. The Bertz CT molecular complexity index is 626. The molecule has 2 atom stereocenters. The lowest BCUT2D eigenvalue weighted by Crippen LogP contribution is -2.18. The Morgan fingerprint density at radius 3 is 2.48 bits per heavy atom. The summed E-state index contributed by atoms with van der Waals surface area (Å²) >= 11 is 0.